The van der Waals surface area contributed by atoms with E-state index in [1.165, 1.54) is 0 Å². The molecular weight excluding hydrogens is 474 g/mol. The van der Waals surface area contributed by atoms with Crippen molar-refractivity contribution in [3.8, 4) is 5.75 Å². The molecule has 1 amide bonds. The first-order valence-corrected chi connectivity index (χ1v) is 12.5. The van der Waals surface area contributed by atoms with Crippen molar-refractivity contribution in [2.75, 3.05) is 32.9 Å². The van der Waals surface area contributed by atoms with Crippen LogP contribution in [-0.4, -0.2) is 66.7 Å². The van der Waals surface area contributed by atoms with Crippen molar-refractivity contribution in [3.05, 3.63) is 64.2 Å². The van der Waals surface area contributed by atoms with Crippen LogP contribution in [0.25, 0.3) is 0 Å². The van der Waals surface area contributed by atoms with Crippen LogP contribution in [0.15, 0.2) is 42.5 Å². The van der Waals surface area contributed by atoms with Gasteiger partial charge in [0.1, 0.15) is 12.5 Å². The van der Waals surface area contributed by atoms with E-state index in [4.69, 9.17) is 21.1 Å². The summed E-state index contributed by atoms with van der Waals surface area (Å²) in [5, 5.41) is 0.644. The molecular formula is C27H33ClF2N2O3. The summed E-state index contributed by atoms with van der Waals surface area (Å²) in [4.78, 5) is 16.6. The molecule has 0 N–H and O–H groups in total. The number of aryl methyl sites for hydroxylation is 1. The molecule has 2 heterocycles. The average molecular weight is 507 g/mol. The summed E-state index contributed by atoms with van der Waals surface area (Å²) in [6.45, 7) is 7.19. The number of carbonyl (C=O) groups is 1. The molecule has 2 saturated heterocycles. The minimum absolute atomic E-state index is 0.0539. The number of hydrogen-bond donors (Lipinski definition) is 0. The fraction of sp³-hybridized carbons (Fsp3) is 0.519. The molecule has 2 unspecified atom stereocenters. The normalized spacial score (nSPS) is 23.3. The maximum atomic E-state index is 13.3. The number of carbonyl (C=O) groups excluding carboxylic acids is 1. The Bertz CT molecular complexity index is 1020. The lowest BCUT2D eigenvalue weighted by molar-refractivity contribution is -0.159. The van der Waals surface area contributed by atoms with Crippen molar-refractivity contribution in [3.63, 3.8) is 0 Å². The van der Waals surface area contributed by atoms with Crippen LogP contribution in [0.3, 0.4) is 0 Å². The Labute approximate surface area is 210 Å². The molecule has 2 atom stereocenters. The SMILES string of the molecule is Cc1cc(C(=O)N2CCC3(CC(c4ccc(Cl)cc4)CN(CC(F)F)C3)OC2)ccc1OC(C)C. The Kier molecular flexibility index (Phi) is 7.99. The molecule has 1 spiro atoms. The van der Waals surface area contributed by atoms with Crippen LogP contribution in [-0.2, 0) is 4.74 Å². The van der Waals surface area contributed by atoms with Crippen molar-refractivity contribution in [1.29, 1.82) is 0 Å². The third-order valence-electron chi connectivity index (χ3n) is 6.78. The Balaban J connectivity index is 1.46. The van der Waals surface area contributed by atoms with Crippen molar-refractivity contribution in [1.82, 2.24) is 9.80 Å². The van der Waals surface area contributed by atoms with Crippen molar-refractivity contribution >= 4 is 17.5 Å². The smallest absolute Gasteiger partial charge is 0.255 e. The lowest BCUT2D eigenvalue weighted by Gasteiger charge is -2.49. The second-order valence-electron chi connectivity index (χ2n) is 9.96. The van der Waals surface area contributed by atoms with Gasteiger partial charge < -0.3 is 14.4 Å². The third-order valence-corrected chi connectivity index (χ3v) is 7.03. The van der Waals surface area contributed by atoms with E-state index in [0.717, 1.165) is 23.3 Å². The highest BCUT2D eigenvalue weighted by Gasteiger charge is 2.44. The number of nitrogens with zero attached hydrogens (tertiary/aromatic N) is 2. The van der Waals surface area contributed by atoms with Crippen molar-refractivity contribution in [2.24, 2.45) is 0 Å². The fourth-order valence-corrected chi connectivity index (χ4v) is 5.27. The van der Waals surface area contributed by atoms with Gasteiger partial charge in [0.15, 0.2) is 0 Å². The minimum atomic E-state index is -2.41. The molecule has 4 rings (SSSR count). The van der Waals surface area contributed by atoms with E-state index in [-0.39, 0.29) is 31.2 Å². The van der Waals surface area contributed by atoms with Crippen LogP contribution in [0.2, 0.25) is 5.02 Å². The molecule has 2 fully saturated rings. The number of likely N-dealkylation sites (tertiary alicyclic amines) is 1. The Hall–Kier alpha value is -2.22. The third kappa shape index (κ3) is 6.32. The molecule has 5 nitrogen and oxygen atoms in total. The first-order valence-electron chi connectivity index (χ1n) is 12.1. The number of hydrogen-bond acceptors (Lipinski definition) is 4. The highest BCUT2D eigenvalue weighted by molar-refractivity contribution is 6.30. The quantitative estimate of drug-likeness (QED) is 0.500. The first kappa shape index (κ1) is 25.9. The van der Waals surface area contributed by atoms with E-state index in [9.17, 15) is 13.6 Å². The van der Waals surface area contributed by atoms with E-state index in [0.29, 0.717) is 36.6 Å². The van der Waals surface area contributed by atoms with Gasteiger partial charge in [-0.25, -0.2) is 8.78 Å². The van der Waals surface area contributed by atoms with Gasteiger partial charge in [-0.3, -0.25) is 9.69 Å². The van der Waals surface area contributed by atoms with E-state index < -0.39 is 12.0 Å². The van der Waals surface area contributed by atoms with E-state index in [1.807, 2.05) is 57.2 Å². The Morgan fingerprint density at radius 2 is 1.97 bits per heavy atom. The molecule has 2 aromatic carbocycles. The minimum Gasteiger partial charge on any atom is -0.491 e. The lowest BCUT2D eigenvalue weighted by Crippen LogP contribution is -2.58. The van der Waals surface area contributed by atoms with Crippen LogP contribution in [0, 0.1) is 6.92 Å². The second-order valence-corrected chi connectivity index (χ2v) is 10.4. The predicted octanol–water partition coefficient (Wildman–Crippen LogP) is 5.75. The zero-order valence-corrected chi connectivity index (χ0v) is 21.2. The zero-order chi connectivity index (χ0) is 25.2. The van der Waals surface area contributed by atoms with Crippen LogP contribution in [0.5, 0.6) is 5.75 Å². The van der Waals surface area contributed by atoms with E-state index in [2.05, 4.69) is 0 Å². The molecule has 0 bridgehead atoms. The zero-order valence-electron chi connectivity index (χ0n) is 20.5. The topological polar surface area (TPSA) is 42.0 Å². The summed E-state index contributed by atoms with van der Waals surface area (Å²) >= 11 is 6.05. The van der Waals surface area contributed by atoms with Crippen LogP contribution in [0.1, 0.15) is 54.1 Å². The number of benzene rings is 2. The summed E-state index contributed by atoms with van der Waals surface area (Å²) in [6, 6.07) is 13.0. The molecule has 35 heavy (non-hydrogen) atoms. The van der Waals surface area contributed by atoms with Gasteiger partial charge in [0, 0.05) is 30.2 Å². The largest absolute Gasteiger partial charge is 0.491 e. The number of rotatable bonds is 6. The number of alkyl halides is 2. The Morgan fingerprint density at radius 3 is 2.57 bits per heavy atom. The average Bonchev–Trinajstić information content (AvgIpc) is 2.80. The monoisotopic (exact) mass is 506 g/mol. The maximum Gasteiger partial charge on any atom is 0.255 e. The summed E-state index contributed by atoms with van der Waals surface area (Å²) in [7, 11) is 0. The van der Waals surface area contributed by atoms with Gasteiger partial charge in [-0.1, -0.05) is 23.7 Å². The number of piperidine rings is 1. The summed E-state index contributed by atoms with van der Waals surface area (Å²) in [5.74, 6) is 0.715. The predicted molar refractivity (Wildman–Crippen MR) is 133 cm³/mol. The summed E-state index contributed by atoms with van der Waals surface area (Å²) < 4.78 is 38.7. The highest BCUT2D eigenvalue weighted by Crippen LogP contribution is 2.39. The van der Waals surface area contributed by atoms with E-state index in [1.54, 1.807) is 15.9 Å². The van der Waals surface area contributed by atoms with Gasteiger partial charge in [-0.15, -0.1) is 0 Å². The van der Waals surface area contributed by atoms with Gasteiger partial charge in [-0.05, 0) is 81.0 Å². The summed E-state index contributed by atoms with van der Waals surface area (Å²) in [5.41, 5.74) is 1.98. The molecule has 190 valence electrons. The number of ether oxygens (including phenoxy) is 2. The highest BCUT2D eigenvalue weighted by atomic mass is 35.5. The molecule has 0 aliphatic carbocycles. The van der Waals surface area contributed by atoms with Crippen molar-refractivity contribution in [2.45, 2.75) is 57.7 Å². The molecule has 2 aliphatic heterocycles. The number of amides is 1. The molecule has 0 saturated carbocycles. The van der Waals surface area contributed by atoms with E-state index >= 15 is 0 Å². The van der Waals surface area contributed by atoms with Gasteiger partial charge in [0.25, 0.3) is 12.3 Å². The van der Waals surface area contributed by atoms with Crippen LogP contribution in [0.4, 0.5) is 8.78 Å². The van der Waals surface area contributed by atoms with Gasteiger partial charge >= 0.3 is 0 Å². The van der Waals surface area contributed by atoms with Crippen LogP contribution >= 0.6 is 11.6 Å². The second kappa shape index (κ2) is 10.8. The number of halogens is 3. The molecule has 0 radical (unpaired) electrons. The van der Waals surface area contributed by atoms with Gasteiger partial charge in [0.05, 0.1) is 18.2 Å². The first-order chi connectivity index (χ1) is 16.6. The molecule has 8 heteroatoms. The molecule has 2 aromatic rings. The Morgan fingerprint density at radius 1 is 1.23 bits per heavy atom. The van der Waals surface area contributed by atoms with Gasteiger partial charge in [-0.2, -0.15) is 0 Å². The standard InChI is InChI=1S/C27H33ClF2N2O3/c1-18(2)35-24-9-6-21(12-19(24)3)26(33)32-11-10-27(34-17-32)13-22(14-31(16-27)15-25(29)30)20-4-7-23(28)8-5-20/h4-9,12,18,22,25H,10-11,13-17H2,1-3H3. The van der Waals surface area contributed by atoms with Crippen LogP contribution < -0.4 is 4.74 Å². The molecule has 0 aromatic heterocycles. The maximum absolute atomic E-state index is 13.3. The van der Waals surface area contributed by atoms with Crippen molar-refractivity contribution < 1.29 is 23.0 Å². The lowest BCUT2D eigenvalue weighted by atomic mass is 9.79. The van der Waals surface area contributed by atoms with Gasteiger partial charge in [0.2, 0.25) is 0 Å². The molecule has 2 aliphatic rings. The summed E-state index contributed by atoms with van der Waals surface area (Å²) in [6.07, 6.45) is -1.05. The fourth-order valence-electron chi connectivity index (χ4n) is 5.14.